The normalized spacial score (nSPS) is 18.6. The molecule has 0 bridgehead atoms. The Morgan fingerprint density at radius 3 is 2.38 bits per heavy atom. The van der Waals surface area contributed by atoms with Crippen LogP contribution in [0.3, 0.4) is 0 Å². The van der Waals surface area contributed by atoms with Gasteiger partial charge in [0.25, 0.3) is 5.91 Å². The van der Waals surface area contributed by atoms with Gasteiger partial charge in [-0.15, -0.1) is 11.3 Å². The van der Waals surface area contributed by atoms with Gasteiger partial charge in [0.2, 0.25) is 10.0 Å². The first-order chi connectivity index (χ1) is 18.9. The minimum Gasteiger partial charge on any atom is -0.338 e. The van der Waals surface area contributed by atoms with E-state index < -0.39 is 10.0 Å². The Morgan fingerprint density at radius 1 is 0.923 bits per heavy atom. The third-order valence-corrected chi connectivity index (χ3v) is 10.3. The number of carbonyl (C=O) groups excluding carboxylic acids is 1. The van der Waals surface area contributed by atoms with Crippen LogP contribution in [0.25, 0.3) is 10.8 Å². The number of nitrogens with zero attached hydrogens (tertiary/aromatic N) is 1. The highest BCUT2D eigenvalue weighted by Crippen LogP contribution is 2.28. The minimum atomic E-state index is -3.64. The Labute approximate surface area is 239 Å². The van der Waals surface area contributed by atoms with Crippen LogP contribution < -0.4 is 20.7 Å². The van der Waals surface area contributed by atoms with E-state index in [4.69, 9.17) is 11.6 Å². The lowest BCUT2D eigenvalue weighted by atomic mass is 10.1. The number of hydrogen-bond donors (Lipinski definition) is 4. The quantitative estimate of drug-likeness (QED) is 0.372. The summed E-state index contributed by atoms with van der Waals surface area (Å²) in [5.41, 5.74) is 1.23. The number of hydrogen-bond acceptors (Lipinski definition) is 7. The molecule has 11 heteroatoms. The van der Waals surface area contributed by atoms with E-state index in [1.807, 2.05) is 23.1 Å². The van der Waals surface area contributed by atoms with Gasteiger partial charge in [0, 0.05) is 55.2 Å². The Kier molecular flexibility index (Phi) is 9.55. The van der Waals surface area contributed by atoms with E-state index in [1.54, 1.807) is 35.6 Å². The van der Waals surface area contributed by atoms with Crippen molar-refractivity contribution in [3.05, 3.63) is 62.8 Å². The van der Waals surface area contributed by atoms with Crippen LogP contribution in [0.1, 0.15) is 39.4 Å². The molecule has 4 heterocycles. The van der Waals surface area contributed by atoms with E-state index in [-0.39, 0.29) is 16.8 Å². The van der Waals surface area contributed by atoms with Gasteiger partial charge in [-0.25, -0.2) is 13.1 Å². The van der Waals surface area contributed by atoms with Gasteiger partial charge in [-0.3, -0.25) is 4.79 Å². The van der Waals surface area contributed by atoms with E-state index in [2.05, 4.69) is 20.7 Å². The van der Waals surface area contributed by atoms with Crippen molar-refractivity contribution < 1.29 is 13.2 Å². The fraction of sp³-hybridized carbons (Fsp3) is 0.464. The smallest absolute Gasteiger partial charge is 0.263 e. The Bertz CT molecular complexity index is 1360. The van der Waals surface area contributed by atoms with Crippen molar-refractivity contribution >= 4 is 49.6 Å². The van der Waals surface area contributed by atoms with Gasteiger partial charge < -0.3 is 20.9 Å². The van der Waals surface area contributed by atoms with E-state index in [1.165, 1.54) is 30.0 Å². The van der Waals surface area contributed by atoms with Gasteiger partial charge in [-0.2, -0.15) is 0 Å². The molecule has 0 saturated carbocycles. The molecule has 1 aromatic heterocycles. The van der Waals surface area contributed by atoms with E-state index in [0.717, 1.165) is 48.2 Å². The molecule has 0 aliphatic carbocycles. The average molecular weight is 590 g/mol. The zero-order valence-corrected chi connectivity index (χ0v) is 24.4. The van der Waals surface area contributed by atoms with Crippen LogP contribution in [0.2, 0.25) is 5.02 Å². The van der Waals surface area contributed by atoms with Gasteiger partial charge >= 0.3 is 0 Å². The summed E-state index contributed by atoms with van der Waals surface area (Å²) >= 11 is 7.61. The van der Waals surface area contributed by atoms with Crippen LogP contribution in [0, 0.1) is 0 Å². The summed E-state index contributed by atoms with van der Waals surface area (Å²) in [7, 11) is -3.64. The summed E-state index contributed by atoms with van der Waals surface area (Å²) < 4.78 is 28.7. The molecule has 3 aromatic rings. The highest BCUT2D eigenvalue weighted by Gasteiger charge is 2.28. The van der Waals surface area contributed by atoms with Crippen LogP contribution >= 0.6 is 22.9 Å². The number of rotatable bonds is 4. The maximum absolute atomic E-state index is 12.9. The second-order valence-corrected chi connectivity index (χ2v) is 13.5. The second kappa shape index (κ2) is 13.1. The molecular formula is C28H36ClN5O3S2. The molecule has 2 saturated heterocycles. The first kappa shape index (κ1) is 28.5. The molecule has 3 aliphatic rings. The molecule has 4 N–H and O–H groups in total. The zero-order chi connectivity index (χ0) is 27.2. The predicted molar refractivity (Wildman–Crippen MR) is 158 cm³/mol. The summed E-state index contributed by atoms with van der Waals surface area (Å²) in [4.78, 5) is 17.1. The van der Waals surface area contributed by atoms with E-state index in [0.29, 0.717) is 31.0 Å². The summed E-state index contributed by atoms with van der Waals surface area (Å²) in [6.07, 6.45) is 3.44. The maximum Gasteiger partial charge on any atom is 0.263 e. The van der Waals surface area contributed by atoms with Crippen molar-refractivity contribution in [2.45, 2.75) is 43.2 Å². The van der Waals surface area contributed by atoms with Crippen molar-refractivity contribution in [3.8, 4) is 0 Å². The minimum absolute atomic E-state index is 0.0545. The van der Waals surface area contributed by atoms with Crippen LogP contribution in [0.5, 0.6) is 0 Å². The van der Waals surface area contributed by atoms with Crippen molar-refractivity contribution in [3.63, 3.8) is 0 Å². The van der Waals surface area contributed by atoms with Gasteiger partial charge in [0.05, 0.1) is 9.77 Å². The molecule has 6 rings (SSSR count). The topological polar surface area (TPSA) is 103 Å². The lowest BCUT2D eigenvalue weighted by Gasteiger charge is -2.32. The summed E-state index contributed by atoms with van der Waals surface area (Å²) in [6.45, 7) is 7.52. The zero-order valence-electron chi connectivity index (χ0n) is 22.0. The molecule has 39 heavy (non-hydrogen) atoms. The molecule has 8 nitrogen and oxygen atoms in total. The lowest BCUT2D eigenvalue weighted by Crippen LogP contribution is -2.46. The highest BCUT2D eigenvalue weighted by atomic mass is 35.5. The first-order valence-corrected chi connectivity index (χ1v) is 16.3. The number of thiophene rings is 1. The summed E-state index contributed by atoms with van der Waals surface area (Å²) in [5.74, 6) is 0.0545. The third-order valence-electron chi connectivity index (χ3n) is 7.33. The number of carbonyl (C=O) groups is 1. The molecule has 0 unspecified atom stereocenters. The van der Waals surface area contributed by atoms with Gasteiger partial charge in [-0.1, -0.05) is 23.7 Å². The molecule has 0 radical (unpaired) electrons. The molecule has 2 aromatic carbocycles. The Hall–Kier alpha value is -2.05. The summed E-state index contributed by atoms with van der Waals surface area (Å²) in [6, 6.07) is 12.2. The Morgan fingerprint density at radius 2 is 1.64 bits per heavy atom. The molecule has 0 spiro atoms. The lowest BCUT2D eigenvalue weighted by molar-refractivity contribution is 0.0716. The van der Waals surface area contributed by atoms with E-state index in [9.17, 15) is 13.2 Å². The number of benzene rings is 2. The third kappa shape index (κ3) is 7.38. The molecule has 0 atom stereocenters. The second-order valence-electron chi connectivity index (χ2n) is 10.2. The van der Waals surface area contributed by atoms with Gasteiger partial charge in [0.1, 0.15) is 0 Å². The molecular weight excluding hydrogens is 554 g/mol. The number of fused-ring (bicyclic) bond motifs is 2. The van der Waals surface area contributed by atoms with E-state index >= 15 is 0 Å². The fourth-order valence-corrected chi connectivity index (χ4v) is 7.80. The van der Waals surface area contributed by atoms with Crippen LogP contribution in [-0.4, -0.2) is 71.1 Å². The first-order valence-electron chi connectivity index (χ1n) is 13.6. The maximum atomic E-state index is 12.9. The monoisotopic (exact) mass is 589 g/mol. The number of amides is 1. The fourth-order valence-electron chi connectivity index (χ4n) is 5.13. The number of piperidine rings is 1. The molecule has 3 aliphatic heterocycles. The number of nitrogens with one attached hydrogen (secondary N) is 4. The van der Waals surface area contributed by atoms with Crippen LogP contribution in [0.15, 0.2) is 47.4 Å². The van der Waals surface area contributed by atoms with Crippen molar-refractivity contribution in [1.29, 1.82) is 0 Å². The van der Waals surface area contributed by atoms with Crippen LogP contribution in [-0.2, 0) is 23.0 Å². The van der Waals surface area contributed by atoms with Gasteiger partial charge in [-0.05, 0) is 85.4 Å². The number of sulfonamides is 1. The average Bonchev–Trinajstić information content (AvgIpc) is 3.15. The van der Waals surface area contributed by atoms with Crippen molar-refractivity contribution in [1.82, 2.24) is 25.6 Å². The van der Waals surface area contributed by atoms with Crippen LogP contribution in [0.4, 0.5) is 0 Å². The summed E-state index contributed by atoms with van der Waals surface area (Å²) in [5, 5.41) is 12.2. The van der Waals surface area contributed by atoms with Crippen molar-refractivity contribution in [2.75, 3.05) is 45.8 Å². The Balaban J connectivity index is 0.000000384. The molecule has 2 fully saturated rings. The number of halogens is 1. The molecule has 210 valence electrons. The highest BCUT2D eigenvalue weighted by molar-refractivity contribution is 7.89. The largest absolute Gasteiger partial charge is 0.338 e. The molecule has 1 amide bonds. The predicted octanol–water partition coefficient (Wildman–Crippen LogP) is 3.35. The van der Waals surface area contributed by atoms with Gasteiger partial charge in [0.15, 0.2) is 0 Å². The SMILES string of the molecule is C1CNCCNC1.O=C(c1cc2c(s1)CCNC2)N1CCC(NS(=O)(=O)c2ccc3cc(Cl)ccc3c2)CC1. The van der Waals surface area contributed by atoms with Crippen molar-refractivity contribution in [2.24, 2.45) is 0 Å². The standard InChI is InChI=1S/C23H24ClN3O3S2.C5H12N2/c24-18-3-1-16-12-20(4-2-15(16)11-18)32(29,30)26-19-6-9-27(10-7-19)23(28)22-13-17-14-25-8-5-21(17)31-22;1-2-6-4-5-7-3-1/h1-4,11-13,19,25-26H,5-10,14H2;6-7H,1-5H2. The number of likely N-dealkylation sites (tertiary alicyclic amines) is 1.